The van der Waals surface area contributed by atoms with Crippen LogP contribution in [0.5, 0.6) is 0 Å². The Balaban J connectivity index is 0.00000180. The van der Waals surface area contributed by atoms with Crippen molar-refractivity contribution in [2.75, 3.05) is 18.7 Å². The number of hydrogen-bond donors (Lipinski definition) is 1. The Labute approximate surface area is 125 Å². The van der Waals surface area contributed by atoms with Gasteiger partial charge >= 0.3 is 0 Å². The van der Waals surface area contributed by atoms with Crippen molar-refractivity contribution in [3.05, 3.63) is 35.4 Å². The van der Waals surface area contributed by atoms with Crippen molar-refractivity contribution in [1.82, 2.24) is 10.2 Å². The predicted octanol–water partition coefficient (Wildman–Crippen LogP) is 2.29. The van der Waals surface area contributed by atoms with Crippen LogP contribution in [0.25, 0.3) is 0 Å². The summed E-state index contributed by atoms with van der Waals surface area (Å²) < 4.78 is 0. The van der Waals surface area contributed by atoms with Crippen LogP contribution in [-0.2, 0) is 17.8 Å². The fourth-order valence-electron chi connectivity index (χ4n) is 2.05. The van der Waals surface area contributed by atoms with Crippen molar-refractivity contribution in [2.45, 2.75) is 25.9 Å². The molecule has 19 heavy (non-hydrogen) atoms. The summed E-state index contributed by atoms with van der Waals surface area (Å²) in [6, 6.07) is 8.49. The molecule has 1 fully saturated rings. The number of carbonyl (C=O) groups is 1. The van der Waals surface area contributed by atoms with E-state index in [4.69, 9.17) is 0 Å². The number of benzene rings is 1. The molecule has 1 heterocycles. The Morgan fingerprint density at radius 2 is 2.00 bits per heavy atom. The van der Waals surface area contributed by atoms with Gasteiger partial charge in [0.25, 0.3) is 0 Å². The first-order chi connectivity index (χ1) is 8.70. The van der Waals surface area contributed by atoms with E-state index >= 15 is 0 Å². The van der Waals surface area contributed by atoms with Crippen molar-refractivity contribution < 1.29 is 4.79 Å². The molecule has 1 amide bonds. The molecule has 1 atom stereocenters. The van der Waals surface area contributed by atoms with Gasteiger partial charge in [0, 0.05) is 25.2 Å². The summed E-state index contributed by atoms with van der Waals surface area (Å²) in [5, 5.41) is 3.21. The molecule has 0 bridgehead atoms. The average molecular weight is 301 g/mol. The molecule has 0 saturated carbocycles. The highest BCUT2D eigenvalue weighted by atomic mass is 35.5. The number of hydrogen-bond acceptors (Lipinski definition) is 3. The zero-order chi connectivity index (χ0) is 13.0. The molecule has 1 aromatic carbocycles. The Morgan fingerprint density at radius 3 is 2.53 bits per heavy atom. The van der Waals surface area contributed by atoms with Gasteiger partial charge in [-0.05, 0) is 17.5 Å². The van der Waals surface area contributed by atoms with Gasteiger partial charge in [0.05, 0.1) is 6.04 Å². The predicted molar refractivity (Wildman–Crippen MR) is 83.8 cm³/mol. The lowest BCUT2D eigenvalue weighted by atomic mass is 10.1. The summed E-state index contributed by atoms with van der Waals surface area (Å²) in [6.07, 6.45) is 1.05. The molecule has 0 aliphatic carbocycles. The fraction of sp³-hybridized carbons (Fsp3) is 0.500. The third-order valence-electron chi connectivity index (χ3n) is 3.24. The van der Waals surface area contributed by atoms with Gasteiger partial charge < -0.3 is 4.90 Å². The van der Waals surface area contributed by atoms with Gasteiger partial charge in [-0.2, -0.15) is 0 Å². The second-order valence-electron chi connectivity index (χ2n) is 4.64. The third kappa shape index (κ3) is 4.41. The van der Waals surface area contributed by atoms with Crippen LogP contribution in [-0.4, -0.2) is 35.5 Å². The molecule has 1 aliphatic rings. The zero-order valence-electron chi connectivity index (χ0n) is 11.4. The van der Waals surface area contributed by atoms with E-state index in [2.05, 4.69) is 36.5 Å². The van der Waals surface area contributed by atoms with Crippen LogP contribution >= 0.6 is 24.2 Å². The van der Waals surface area contributed by atoms with E-state index in [0.717, 1.165) is 18.1 Å². The van der Waals surface area contributed by atoms with Crippen LogP contribution in [0, 0.1) is 0 Å². The lowest BCUT2D eigenvalue weighted by molar-refractivity contribution is -0.131. The molecular formula is C14H21ClN2OS. The molecular weight excluding hydrogens is 280 g/mol. The van der Waals surface area contributed by atoms with E-state index in [9.17, 15) is 4.79 Å². The van der Waals surface area contributed by atoms with E-state index in [1.807, 2.05) is 11.9 Å². The van der Waals surface area contributed by atoms with E-state index in [1.54, 1.807) is 11.8 Å². The van der Waals surface area contributed by atoms with Crippen LogP contribution < -0.4 is 5.32 Å². The number of thioether (sulfide) groups is 1. The van der Waals surface area contributed by atoms with Gasteiger partial charge in [-0.25, -0.2) is 0 Å². The molecule has 1 unspecified atom stereocenters. The Hall–Kier alpha value is -0.710. The largest absolute Gasteiger partial charge is 0.340 e. The van der Waals surface area contributed by atoms with Crippen LogP contribution in [0.15, 0.2) is 24.3 Å². The van der Waals surface area contributed by atoms with E-state index in [-0.39, 0.29) is 24.4 Å². The summed E-state index contributed by atoms with van der Waals surface area (Å²) >= 11 is 1.78. The highest BCUT2D eigenvalue weighted by Crippen LogP contribution is 2.13. The molecule has 3 nitrogen and oxygen atoms in total. The van der Waals surface area contributed by atoms with Gasteiger partial charge in [0.1, 0.15) is 0 Å². The minimum atomic E-state index is -0.00471. The SMILES string of the molecule is CCc1ccc(CN(C)C(=O)C2CSCN2)cc1.Cl. The number of rotatable bonds is 4. The maximum atomic E-state index is 12.1. The van der Waals surface area contributed by atoms with Gasteiger partial charge in [-0.15, -0.1) is 24.2 Å². The van der Waals surface area contributed by atoms with E-state index in [1.165, 1.54) is 11.1 Å². The number of carbonyl (C=O) groups excluding carboxylic acids is 1. The molecule has 2 rings (SSSR count). The zero-order valence-corrected chi connectivity index (χ0v) is 13.0. The Bertz CT molecular complexity index is 404. The van der Waals surface area contributed by atoms with E-state index < -0.39 is 0 Å². The first-order valence-electron chi connectivity index (χ1n) is 6.34. The minimum absolute atomic E-state index is 0. The summed E-state index contributed by atoms with van der Waals surface area (Å²) in [5.41, 5.74) is 2.52. The summed E-state index contributed by atoms with van der Waals surface area (Å²) in [5.74, 6) is 1.97. The van der Waals surface area contributed by atoms with Crippen molar-refractivity contribution in [2.24, 2.45) is 0 Å². The van der Waals surface area contributed by atoms with Crippen molar-refractivity contribution in [3.8, 4) is 0 Å². The maximum Gasteiger partial charge on any atom is 0.240 e. The first kappa shape index (κ1) is 16.3. The second-order valence-corrected chi connectivity index (χ2v) is 5.67. The van der Waals surface area contributed by atoms with Crippen LogP contribution in [0.4, 0.5) is 0 Å². The molecule has 0 spiro atoms. The van der Waals surface area contributed by atoms with Crippen LogP contribution in [0.3, 0.4) is 0 Å². The lowest BCUT2D eigenvalue weighted by Crippen LogP contribution is -2.42. The molecule has 5 heteroatoms. The molecule has 1 N–H and O–H groups in total. The summed E-state index contributed by atoms with van der Waals surface area (Å²) in [4.78, 5) is 13.9. The highest BCUT2D eigenvalue weighted by molar-refractivity contribution is 7.99. The summed E-state index contributed by atoms with van der Waals surface area (Å²) in [6.45, 7) is 2.83. The molecule has 1 saturated heterocycles. The second kappa shape index (κ2) is 7.78. The minimum Gasteiger partial charge on any atom is -0.340 e. The number of nitrogens with one attached hydrogen (secondary N) is 1. The number of amides is 1. The van der Waals surface area contributed by atoms with Gasteiger partial charge in [-0.1, -0.05) is 31.2 Å². The molecule has 1 aliphatic heterocycles. The molecule has 1 aromatic rings. The Kier molecular flexibility index (Phi) is 6.69. The first-order valence-corrected chi connectivity index (χ1v) is 7.50. The standard InChI is InChI=1S/C14H20N2OS.ClH/c1-3-11-4-6-12(7-5-11)8-16(2)14(17)13-9-18-10-15-13;/h4-7,13,15H,3,8-10H2,1-2H3;1H. The number of halogens is 1. The molecule has 0 radical (unpaired) electrons. The number of aryl methyl sites for hydroxylation is 1. The van der Waals surface area contributed by atoms with E-state index in [0.29, 0.717) is 6.54 Å². The Morgan fingerprint density at radius 1 is 1.37 bits per heavy atom. The van der Waals surface area contributed by atoms with Crippen molar-refractivity contribution in [1.29, 1.82) is 0 Å². The summed E-state index contributed by atoms with van der Waals surface area (Å²) in [7, 11) is 1.88. The maximum absolute atomic E-state index is 12.1. The topological polar surface area (TPSA) is 32.3 Å². The molecule has 0 aromatic heterocycles. The van der Waals surface area contributed by atoms with Gasteiger partial charge in [0.15, 0.2) is 0 Å². The highest BCUT2D eigenvalue weighted by Gasteiger charge is 2.25. The smallest absolute Gasteiger partial charge is 0.240 e. The average Bonchev–Trinajstić information content (AvgIpc) is 2.92. The monoisotopic (exact) mass is 300 g/mol. The van der Waals surface area contributed by atoms with Crippen LogP contribution in [0.1, 0.15) is 18.1 Å². The molecule has 106 valence electrons. The number of likely N-dealkylation sites (N-methyl/N-ethyl adjacent to an activating group) is 1. The van der Waals surface area contributed by atoms with Gasteiger partial charge in [-0.3, -0.25) is 10.1 Å². The third-order valence-corrected chi connectivity index (χ3v) is 4.18. The quantitative estimate of drug-likeness (QED) is 0.926. The number of nitrogens with zero attached hydrogens (tertiary/aromatic N) is 1. The van der Waals surface area contributed by atoms with Gasteiger partial charge in [0.2, 0.25) is 5.91 Å². The fourth-order valence-corrected chi connectivity index (χ4v) is 2.99. The van der Waals surface area contributed by atoms with Crippen LogP contribution in [0.2, 0.25) is 0 Å². The van der Waals surface area contributed by atoms with Crippen molar-refractivity contribution in [3.63, 3.8) is 0 Å². The normalized spacial score (nSPS) is 17.9. The van der Waals surface area contributed by atoms with Crippen molar-refractivity contribution >= 4 is 30.1 Å². The lowest BCUT2D eigenvalue weighted by Gasteiger charge is -2.21.